The van der Waals surface area contributed by atoms with Crippen LogP contribution in [0.4, 0.5) is 5.69 Å². The number of sulfonamides is 1. The van der Waals surface area contributed by atoms with Gasteiger partial charge in [-0.25, -0.2) is 13.1 Å². The molecule has 28 heavy (non-hydrogen) atoms. The van der Waals surface area contributed by atoms with Gasteiger partial charge < -0.3 is 10.0 Å². The van der Waals surface area contributed by atoms with Gasteiger partial charge in [0.2, 0.25) is 10.0 Å². The summed E-state index contributed by atoms with van der Waals surface area (Å²) >= 11 is 0. The first-order valence-electron chi connectivity index (χ1n) is 9.60. The van der Waals surface area contributed by atoms with Gasteiger partial charge in [0.15, 0.2) is 0 Å². The van der Waals surface area contributed by atoms with Crippen LogP contribution in [0.15, 0.2) is 59.5 Å². The van der Waals surface area contributed by atoms with Gasteiger partial charge >= 0.3 is 5.97 Å². The number of benzene rings is 2. The van der Waals surface area contributed by atoms with Crippen LogP contribution in [0.5, 0.6) is 0 Å². The molecule has 0 spiro atoms. The fourth-order valence-electron chi connectivity index (χ4n) is 4.60. The Morgan fingerprint density at radius 2 is 1.79 bits per heavy atom. The van der Waals surface area contributed by atoms with E-state index < -0.39 is 16.0 Å². The molecule has 2 N–H and O–H groups in total. The molecule has 0 aromatic heterocycles. The molecule has 3 atom stereocenters. The first-order chi connectivity index (χ1) is 13.5. The largest absolute Gasteiger partial charge is 0.481 e. The molecule has 1 saturated carbocycles. The summed E-state index contributed by atoms with van der Waals surface area (Å²) in [5.74, 6) is -0.590. The molecule has 148 valence electrons. The van der Waals surface area contributed by atoms with Gasteiger partial charge in [-0.05, 0) is 43.0 Å². The average molecular weight is 401 g/mol. The summed E-state index contributed by atoms with van der Waals surface area (Å²) in [7, 11) is -3.54. The van der Waals surface area contributed by atoms with Crippen LogP contribution in [-0.4, -0.2) is 38.1 Å². The second kappa shape index (κ2) is 7.56. The van der Waals surface area contributed by atoms with Crippen molar-refractivity contribution < 1.29 is 18.3 Å². The third-order valence-electron chi connectivity index (χ3n) is 5.80. The molecule has 4 rings (SSSR count). The highest BCUT2D eigenvalue weighted by Gasteiger charge is 2.42. The molecule has 1 aliphatic carbocycles. The second-order valence-corrected chi connectivity index (χ2v) is 9.23. The summed E-state index contributed by atoms with van der Waals surface area (Å²) in [6, 6.07) is 16.6. The van der Waals surface area contributed by atoms with E-state index in [0.717, 1.165) is 24.9 Å². The van der Waals surface area contributed by atoms with Crippen LogP contribution in [0.25, 0.3) is 0 Å². The van der Waals surface area contributed by atoms with E-state index in [1.807, 2.05) is 18.2 Å². The molecule has 6 nitrogen and oxygen atoms in total. The third kappa shape index (κ3) is 3.64. The number of anilines is 1. The fraction of sp³-hybridized carbons (Fsp3) is 0.381. The van der Waals surface area contributed by atoms with Crippen LogP contribution in [0.1, 0.15) is 37.2 Å². The smallest absolute Gasteiger partial charge is 0.305 e. The highest BCUT2D eigenvalue weighted by molar-refractivity contribution is 7.89. The van der Waals surface area contributed by atoms with Crippen molar-refractivity contribution in [3.05, 3.63) is 60.2 Å². The molecular formula is C21H24N2O4S. The van der Waals surface area contributed by atoms with Gasteiger partial charge in [-0.1, -0.05) is 36.4 Å². The van der Waals surface area contributed by atoms with Gasteiger partial charge in [-0.2, -0.15) is 0 Å². The lowest BCUT2D eigenvalue weighted by molar-refractivity contribution is -0.136. The Bertz CT molecular complexity index is 961. The maximum atomic E-state index is 12.7. The van der Waals surface area contributed by atoms with Crippen LogP contribution in [0, 0.1) is 0 Å². The predicted octanol–water partition coefficient (Wildman–Crippen LogP) is 2.96. The monoisotopic (exact) mass is 400 g/mol. The topological polar surface area (TPSA) is 86.7 Å². The second-order valence-electron chi connectivity index (χ2n) is 7.51. The number of carboxylic acids is 1. The number of hydrogen-bond acceptors (Lipinski definition) is 4. The van der Waals surface area contributed by atoms with E-state index in [9.17, 15) is 13.2 Å². The average Bonchev–Trinajstić information content (AvgIpc) is 3.00. The van der Waals surface area contributed by atoms with Gasteiger partial charge in [0.05, 0.1) is 11.3 Å². The summed E-state index contributed by atoms with van der Waals surface area (Å²) in [5, 5.41) is 9.09. The number of nitrogens with zero attached hydrogens (tertiary/aromatic N) is 1. The van der Waals surface area contributed by atoms with Crippen molar-refractivity contribution in [2.45, 2.75) is 48.6 Å². The van der Waals surface area contributed by atoms with E-state index in [2.05, 4.69) is 15.7 Å². The molecular weight excluding hydrogens is 376 g/mol. The number of fused-ring (bicyclic) bond motifs is 3. The Hall–Kier alpha value is -2.38. The Labute approximate surface area is 165 Å². The molecule has 1 fully saturated rings. The zero-order valence-electron chi connectivity index (χ0n) is 15.5. The van der Waals surface area contributed by atoms with E-state index in [1.165, 1.54) is 5.56 Å². The van der Waals surface area contributed by atoms with E-state index >= 15 is 0 Å². The number of para-hydroxylation sites is 1. The van der Waals surface area contributed by atoms with Crippen LogP contribution >= 0.6 is 0 Å². The number of hydrogen-bond donors (Lipinski definition) is 2. The van der Waals surface area contributed by atoms with E-state index in [-0.39, 0.29) is 29.3 Å². The van der Waals surface area contributed by atoms with Gasteiger partial charge in [0, 0.05) is 30.2 Å². The fourth-order valence-corrected chi connectivity index (χ4v) is 5.90. The first kappa shape index (κ1) is 19.0. The number of nitrogens with one attached hydrogen (secondary N) is 1. The van der Waals surface area contributed by atoms with E-state index in [0.29, 0.717) is 6.54 Å². The highest BCUT2D eigenvalue weighted by atomic mass is 32.2. The molecule has 2 aromatic rings. The predicted molar refractivity (Wildman–Crippen MR) is 107 cm³/mol. The Balaban J connectivity index is 1.53. The minimum atomic E-state index is -3.54. The van der Waals surface area contributed by atoms with Crippen LogP contribution < -0.4 is 9.62 Å². The molecule has 1 heterocycles. The molecule has 2 unspecified atom stereocenters. The van der Waals surface area contributed by atoms with Crippen molar-refractivity contribution in [3.8, 4) is 0 Å². The van der Waals surface area contributed by atoms with Crippen molar-refractivity contribution in [3.63, 3.8) is 0 Å². The Kier molecular flexibility index (Phi) is 5.12. The van der Waals surface area contributed by atoms with Crippen molar-refractivity contribution in [1.82, 2.24) is 4.72 Å². The van der Waals surface area contributed by atoms with Crippen molar-refractivity contribution in [2.75, 3.05) is 11.4 Å². The standard InChI is InChI=1S/C21H24N2O4S/c24-21(25)12-13-23-19-9-5-4-8-17(19)18-14-15(10-11-20(18)23)22-28(26,27)16-6-2-1-3-7-16/h1-9,15,18,20,22H,10-14H2,(H,24,25)/t15-,18?,20?/m1/s1. The zero-order valence-corrected chi connectivity index (χ0v) is 16.3. The van der Waals surface area contributed by atoms with Gasteiger partial charge in [-0.15, -0.1) is 0 Å². The molecule has 0 saturated heterocycles. The van der Waals surface area contributed by atoms with Gasteiger partial charge in [0.25, 0.3) is 0 Å². The minimum Gasteiger partial charge on any atom is -0.481 e. The molecule has 0 amide bonds. The van der Waals surface area contributed by atoms with Gasteiger partial charge in [-0.3, -0.25) is 4.79 Å². The Morgan fingerprint density at radius 1 is 1.07 bits per heavy atom. The van der Waals surface area contributed by atoms with Crippen LogP contribution in [-0.2, 0) is 14.8 Å². The molecule has 7 heteroatoms. The molecule has 0 radical (unpaired) electrons. The maximum Gasteiger partial charge on any atom is 0.305 e. The van der Waals surface area contributed by atoms with Crippen molar-refractivity contribution in [1.29, 1.82) is 0 Å². The SMILES string of the molecule is O=C(O)CCN1c2ccccc2C2C[C@H](NS(=O)(=O)c3ccccc3)CCC21. The summed E-state index contributed by atoms with van der Waals surface area (Å²) in [4.78, 5) is 13.6. The minimum absolute atomic E-state index is 0.0988. The highest BCUT2D eigenvalue weighted by Crippen LogP contribution is 2.47. The zero-order chi connectivity index (χ0) is 19.7. The van der Waals surface area contributed by atoms with E-state index in [4.69, 9.17) is 5.11 Å². The molecule has 0 bridgehead atoms. The lowest BCUT2D eigenvalue weighted by Crippen LogP contribution is -2.45. The summed E-state index contributed by atoms with van der Waals surface area (Å²) < 4.78 is 28.3. The van der Waals surface area contributed by atoms with Crippen molar-refractivity contribution >= 4 is 21.7 Å². The number of aliphatic carboxylic acids is 1. The number of rotatable bonds is 6. The lowest BCUT2D eigenvalue weighted by atomic mass is 9.80. The third-order valence-corrected chi connectivity index (χ3v) is 7.34. The lowest BCUT2D eigenvalue weighted by Gasteiger charge is -2.37. The molecule has 2 aliphatic rings. The molecule has 1 aliphatic heterocycles. The van der Waals surface area contributed by atoms with Crippen LogP contribution in [0.2, 0.25) is 0 Å². The number of carbonyl (C=O) groups is 1. The quantitative estimate of drug-likeness (QED) is 0.779. The maximum absolute atomic E-state index is 12.7. The summed E-state index contributed by atoms with van der Waals surface area (Å²) in [5.41, 5.74) is 2.28. The summed E-state index contributed by atoms with van der Waals surface area (Å²) in [6.45, 7) is 0.480. The number of carboxylic acid groups (broad SMARTS) is 1. The van der Waals surface area contributed by atoms with E-state index in [1.54, 1.807) is 30.3 Å². The molecule has 2 aromatic carbocycles. The van der Waals surface area contributed by atoms with Gasteiger partial charge in [0.1, 0.15) is 0 Å². The normalized spacial score (nSPS) is 23.9. The Morgan fingerprint density at radius 3 is 2.54 bits per heavy atom. The summed E-state index contributed by atoms with van der Waals surface area (Å²) in [6.07, 6.45) is 2.39. The first-order valence-corrected chi connectivity index (χ1v) is 11.1. The van der Waals surface area contributed by atoms with Crippen LogP contribution in [0.3, 0.4) is 0 Å². The van der Waals surface area contributed by atoms with Crippen molar-refractivity contribution in [2.24, 2.45) is 0 Å².